The van der Waals surface area contributed by atoms with Gasteiger partial charge in [0.2, 0.25) is 0 Å². The molecule has 0 fully saturated rings. The van der Waals surface area contributed by atoms with Crippen LogP contribution in [0.4, 0.5) is 13.2 Å². The van der Waals surface area contributed by atoms with E-state index in [-0.39, 0.29) is 10.8 Å². The van der Waals surface area contributed by atoms with Crippen LogP contribution in [0.3, 0.4) is 0 Å². The zero-order valence-corrected chi connectivity index (χ0v) is 19.5. The van der Waals surface area contributed by atoms with Crippen molar-refractivity contribution in [2.75, 3.05) is 6.54 Å². The Hall–Kier alpha value is -3.65. The van der Waals surface area contributed by atoms with E-state index in [2.05, 4.69) is 17.4 Å². The van der Waals surface area contributed by atoms with Gasteiger partial charge in [0.15, 0.2) is 0 Å². The van der Waals surface area contributed by atoms with Crippen molar-refractivity contribution < 1.29 is 18.0 Å². The van der Waals surface area contributed by atoms with E-state index in [1.165, 1.54) is 22.3 Å². The highest BCUT2D eigenvalue weighted by molar-refractivity contribution is 7.07. The number of alkyl halides is 3. The van der Waals surface area contributed by atoms with Gasteiger partial charge in [0.1, 0.15) is 0 Å². The van der Waals surface area contributed by atoms with Crippen molar-refractivity contribution in [1.82, 2.24) is 9.88 Å². The number of unbranched alkanes of at least 4 members (excludes halogenated alkanes) is 1. The van der Waals surface area contributed by atoms with Gasteiger partial charge in [-0.25, -0.2) is 0 Å². The van der Waals surface area contributed by atoms with Crippen LogP contribution in [0, 0.1) is 0 Å². The van der Waals surface area contributed by atoms with Gasteiger partial charge in [0.05, 0.1) is 16.9 Å². The number of thiazole rings is 1. The SMILES string of the molecule is O=C(NCCCCc1ccccc1)c1cccc(-c2csc(=O)n2-c2ccc(C(F)(F)F)cc2)c1. The fraction of sp³-hybridized carbons (Fsp3) is 0.185. The van der Waals surface area contributed by atoms with E-state index in [1.54, 1.807) is 29.6 Å². The van der Waals surface area contributed by atoms with Gasteiger partial charge in [-0.2, -0.15) is 13.2 Å². The van der Waals surface area contributed by atoms with E-state index < -0.39 is 11.7 Å². The van der Waals surface area contributed by atoms with E-state index in [4.69, 9.17) is 0 Å². The standard InChI is InChI=1S/C27H23F3N2O2S/c28-27(29,30)22-12-14-23(15-13-22)32-24(18-35-26(32)34)20-10-6-11-21(17-20)25(33)31-16-5-4-9-19-7-2-1-3-8-19/h1-3,6-8,10-15,17-18H,4-5,9,16H2,(H,31,33). The van der Waals surface area contributed by atoms with Crippen molar-refractivity contribution in [1.29, 1.82) is 0 Å². The molecule has 0 spiro atoms. The number of halogens is 3. The van der Waals surface area contributed by atoms with Gasteiger partial charge in [0, 0.05) is 23.1 Å². The minimum Gasteiger partial charge on any atom is -0.352 e. The Morgan fingerprint density at radius 2 is 1.66 bits per heavy atom. The largest absolute Gasteiger partial charge is 0.416 e. The van der Waals surface area contributed by atoms with Gasteiger partial charge < -0.3 is 5.32 Å². The Morgan fingerprint density at radius 3 is 2.37 bits per heavy atom. The van der Waals surface area contributed by atoms with Crippen molar-refractivity contribution >= 4 is 17.2 Å². The van der Waals surface area contributed by atoms with Gasteiger partial charge in [-0.05, 0) is 61.2 Å². The number of benzene rings is 3. The lowest BCUT2D eigenvalue weighted by atomic mass is 10.1. The Bertz CT molecular complexity index is 1340. The summed E-state index contributed by atoms with van der Waals surface area (Å²) in [5, 5.41) is 4.56. The molecule has 0 radical (unpaired) electrons. The monoisotopic (exact) mass is 496 g/mol. The maximum atomic E-state index is 12.9. The second-order valence-electron chi connectivity index (χ2n) is 8.05. The molecule has 1 N–H and O–H groups in total. The van der Waals surface area contributed by atoms with Crippen molar-refractivity contribution in [3.8, 4) is 16.9 Å². The number of hydrogen-bond acceptors (Lipinski definition) is 3. The maximum absolute atomic E-state index is 12.9. The smallest absolute Gasteiger partial charge is 0.352 e. The molecule has 0 bridgehead atoms. The minimum absolute atomic E-state index is 0.217. The first kappa shape index (κ1) is 24.5. The van der Waals surface area contributed by atoms with Gasteiger partial charge in [-0.15, -0.1) is 0 Å². The third kappa shape index (κ3) is 6.08. The second kappa shape index (κ2) is 10.7. The fourth-order valence-electron chi connectivity index (χ4n) is 3.77. The summed E-state index contributed by atoms with van der Waals surface area (Å²) in [7, 11) is 0. The average Bonchev–Trinajstić information content (AvgIpc) is 3.25. The first-order chi connectivity index (χ1) is 16.8. The number of carbonyl (C=O) groups excluding carboxylic acids is 1. The molecule has 1 aromatic heterocycles. The van der Waals surface area contributed by atoms with Crippen LogP contribution in [0.1, 0.15) is 34.3 Å². The summed E-state index contributed by atoms with van der Waals surface area (Å²) in [6.07, 6.45) is -1.70. The zero-order valence-electron chi connectivity index (χ0n) is 18.7. The van der Waals surface area contributed by atoms with Crippen LogP contribution in [0.5, 0.6) is 0 Å². The maximum Gasteiger partial charge on any atom is 0.416 e. The molecule has 0 atom stereocenters. The summed E-state index contributed by atoms with van der Waals surface area (Å²) in [4.78, 5) is 24.8. The molecule has 1 heterocycles. The number of aromatic nitrogens is 1. The topological polar surface area (TPSA) is 51.1 Å². The highest BCUT2D eigenvalue weighted by atomic mass is 32.1. The first-order valence-corrected chi connectivity index (χ1v) is 12.0. The average molecular weight is 497 g/mol. The van der Waals surface area contributed by atoms with Crippen molar-refractivity contribution in [3.63, 3.8) is 0 Å². The highest BCUT2D eigenvalue weighted by Crippen LogP contribution is 2.30. The van der Waals surface area contributed by atoms with Gasteiger partial charge >= 0.3 is 11.0 Å². The van der Waals surface area contributed by atoms with Crippen LogP contribution in [0.25, 0.3) is 16.9 Å². The van der Waals surface area contributed by atoms with Crippen LogP contribution in [-0.4, -0.2) is 17.0 Å². The molecule has 0 aliphatic heterocycles. The first-order valence-electron chi connectivity index (χ1n) is 11.1. The molecule has 8 heteroatoms. The zero-order chi connectivity index (χ0) is 24.8. The lowest BCUT2D eigenvalue weighted by Crippen LogP contribution is -2.24. The van der Waals surface area contributed by atoms with E-state index >= 15 is 0 Å². The summed E-state index contributed by atoms with van der Waals surface area (Å²) >= 11 is 0.947. The number of carbonyl (C=O) groups is 1. The van der Waals surface area contributed by atoms with Crippen molar-refractivity contribution in [3.05, 3.63) is 111 Å². The molecule has 4 nitrogen and oxygen atoms in total. The number of rotatable bonds is 8. The molecule has 0 saturated heterocycles. The second-order valence-corrected chi connectivity index (χ2v) is 8.87. The van der Waals surface area contributed by atoms with E-state index in [0.29, 0.717) is 29.1 Å². The van der Waals surface area contributed by atoms with Crippen LogP contribution in [-0.2, 0) is 12.6 Å². The molecule has 4 aromatic rings. The molecule has 4 rings (SSSR count). The molecule has 3 aromatic carbocycles. The number of hydrogen-bond donors (Lipinski definition) is 1. The third-order valence-electron chi connectivity index (χ3n) is 5.59. The predicted octanol–water partition coefficient (Wildman–Crippen LogP) is 6.34. The molecule has 0 unspecified atom stereocenters. The predicted molar refractivity (Wildman–Crippen MR) is 132 cm³/mol. The minimum atomic E-state index is -4.45. The van der Waals surface area contributed by atoms with Crippen LogP contribution in [0.2, 0.25) is 0 Å². The normalized spacial score (nSPS) is 11.4. The van der Waals surface area contributed by atoms with Gasteiger partial charge in [-0.1, -0.05) is 53.8 Å². The Labute approximate surface area is 204 Å². The lowest BCUT2D eigenvalue weighted by molar-refractivity contribution is -0.137. The van der Waals surface area contributed by atoms with E-state index in [1.807, 2.05) is 18.2 Å². The number of aryl methyl sites for hydroxylation is 1. The number of nitrogens with zero attached hydrogens (tertiary/aromatic N) is 1. The van der Waals surface area contributed by atoms with Crippen LogP contribution >= 0.6 is 11.3 Å². The lowest BCUT2D eigenvalue weighted by Gasteiger charge is -2.11. The Morgan fingerprint density at radius 1 is 0.914 bits per heavy atom. The molecule has 35 heavy (non-hydrogen) atoms. The summed E-state index contributed by atoms with van der Waals surface area (Å²) in [5.74, 6) is -0.217. The Kier molecular flexibility index (Phi) is 7.51. The number of nitrogens with one attached hydrogen (secondary N) is 1. The van der Waals surface area contributed by atoms with Gasteiger partial charge in [-0.3, -0.25) is 14.2 Å². The molecule has 0 aliphatic carbocycles. The molecule has 0 saturated carbocycles. The van der Waals surface area contributed by atoms with E-state index in [9.17, 15) is 22.8 Å². The quantitative estimate of drug-likeness (QED) is 0.290. The summed E-state index contributed by atoms with van der Waals surface area (Å²) < 4.78 is 40.1. The van der Waals surface area contributed by atoms with E-state index in [0.717, 1.165) is 42.7 Å². The summed E-state index contributed by atoms with van der Waals surface area (Å²) in [6.45, 7) is 0.546. The summed E-state index contributed by atoms with van der Waals surface area (Å²) in [6, 6.07) is 21.5. The Balaban J connectivity index is 1.44. The molecule has 180 valence electrons. The molecular weight excluding hydrogens is 473 g/mol. The van der Waals surface area contributed by atoms with Crippen molar-refractivity contribution in [2.45, 2.75) is 25.4 Å². The molecule has 1 amide bonds. The van der Waals surface area contributed by atoms with Crippen LogP contribution < -0.4 is 10.2 Å². The number of amides is 1. The summed E-state index contributed by atoms with van der Waals surface area (Å²) in [5.41, 5.74) is 2.39. The van der Waals surface area contributed by atoms with Gasteiger partial charge in [0.25, 0.3) is 5.91 Å². The fourth-order valence-corrected chi connectivity index (χ4v) is 4.54. The molecule has 0 aliphatic rings. The van der Waals surface area contributed by atoms with Crippen LogP contribution in [0.15, 0.2) is 89.0 Å². The third-order valence-corrected chi connectivity index (χ3v) is 6.31. The van der Waals surface area contributed by atoms with Crippen molar-refractivity contribution in [2.24, 2.45) is 0 Å². The highest BCUT2D eigenvalue weighted by Gasteiger charge is 2.30. The molecular formula is C27H23F3N2O2S.